The van der Waals surface area contributed by atoms with Gasteiger partial charge in [0.15, 0.2) is 0 Å². The van der Waals surface area contributed by atoms with E-state index in [2.05, 4.69) is 74.9 Å². The summed E-state index contributed by atoms with van der Waals surface area (Å²) in [6.45, 7) is 0.627. The minimum Gasteiger partial charge on any atom is -0.330 e. The summed E-state index contributed by atoms with van der Waals surface area (Å²) in [6, 6.07) is 10.6. The summed E-state index contributed by atoms with van der Waals surface area (Å²) >= 11 is 0. The Morgan fingerprint density at radius 3 is 2.38 bits per heavy atom. The molecule has 1 spiro atoms. The standard InChI is InChI=1S/C25H30N8O/c1-31(2)25(19-6-4-3-5-7-19)12-10-24(11-13-25)17-32(23(34)28-24)20-14-26-22(27-15-20)33-16-21(29-30-33)18-8-9-18/h3-7,14-16,18H,8-13,17H2,1-2H3,(H,28,34). The Morgan fingerprint density at radius 2 is 1.74 bits per heavy atom. The summed E-state index contributed by atoms with van der Waals surface area (Å²) in [6.07, 6.45) is 11.5. The molecule has 176 valence electrons. The maximum Gasteiger partial charge on any atom is 0.322 e. The fraction of sp³-hybridized carbons (Fsp3) is 0.480. The quantitative estimate of drug-likeness (QED) is 0.631. The van der Waals surface area contributed by atoms with Gasteiger partial charge >= 0.3 is 6.03 Å². The second-order valence-electron chi connectivity index (χ2n) is 10.2. The number of carbonyl (C=O) groups excluding carboxylic acids is 1. The first-order valence-electron chi connectivity index (χ1n) is 12.1. The average Bonchev–Trinajstić information content (AvgIpc) is 3.50. The number of hydrogen-bond donors (Lipinski definition) is 1. The lowest BCUT2D eigenvalue weighted by Crippen LogP contribution is -2.54. The summed E-state index contributed by atoms with van der Waals surface area (Å²) in [5.74, 6) is 0.995. The molecule has 3 fully saturated rings. The number of rotatable bonds is 5. The Kier molecular flexibility index (Phi) is 4.91. The van der Waals surface area contributed by atoms with Gasteiger partial charge in [-0.15, -0.1) is 5.10 Å². The van der Waals surface area contributed by atoms with Gasteiger partial charge in [-0.2, -0.15) is 4.68 Å². The van der Waals surface area contributed by atoms with Crippen LogP contribution in [0.15, 0.2) is 48.9 Å². The van der Waals surface area contributed by atoms with Crippen LogP contribution in [-0.2, 0) is 5.54 Å². The van der Waals surface area contributed by atoms with Gasteiger partial charge in [-0.3, -0.25) is 9.80 Å². The smallest absolute Gasteiger partial charge is 0.322 e. The molecule has 2 amide bonds. The van der Waals surface area contributed by atoms with E-state index in [1.165, 1.54) is 18.4 Å². The maximum absolute atomic E-state index is 13.0. The Bertz CT molecular complexity index is 1180. The molecular formula is C25H30N8O. The summed E-state index contributed by atoms with van der Waals surface area (Å²) in [5, 5.41) is 11.7. The zero-order valence-electron chi connectivity index (χ0n) is 19.7. The molecule has 2 aromatic heterocycles. The summed E-state index contributed by atoms with van der Waals surface area (Å²) < 4.78 is 1.61. The van der Waals surface area contributed by atoms with Gasteiger partial charge in [0.2, 0.25) is 0 Å². The molecule has 6 rings (SSSR count). The normalized spacial score (nSPS) is 26.9. The predicted molar refractivity (Wildman–Crippen MR) is 128 cm³/mol. The Labute approximate surface area is 199 Å². The molecule has 1 aliphatic heterocycles. The SMILES string of the molecule is CN(C)C1(c2ccccc2)CCC2(CC1)CN(c1cnc(-n3cc(C4CC4)nn3)nc1)C(=O)N2. The van der Waals surface area contributed by atoms with Crippen LogP contribution < -0.4 is 10.2 Å². The second-order valence-corrected chi connectivity index (χ2v) is 10.2. The van der Waals surface area contributed by atoms with Crippen molar-refractivity contribution < 1.29 is 4.79 Å². The minimum absolute atomic E-state index is 0.00740. The molecule has 3 aromatic rings. The van der Waals surface area contributed by atoms with Gasteiger partial charge in [0.1, 0.15) is 0 Å². The molecule has 3 heterocycles. The van der Waals surface area contributed by atoms with Gasteiger partial charge in [0.25, 0.3) is 5.95 Å². The largest absolute Gasteiger partial charge is 0.330 e. The van der Waals surface area contributed by atoms with Gasteiger partial charge in [0.05, 0.1) is 42.1 Å². The number of hydrogen-bond acceptors (Lipinski definition) is 6. The van der Waals surface area contributed by atoms with Crippen molar-refractivity contribution in [3.8, 4) is 5.95 Å². The molecule has 1 saturated heterocycles. The van der Waals surface area contributed by atoms with E-state index in [0.717, 1.165) is 31.4 Å². The minimum atomic E-state index is -0.227. The molecule has 0 bridgehead atoms. The van der Waals surface area contributed by atoms with Crippen molar-refractivity contribution in [2.45, 2.75) is 55.5 Å². The fourth-order valence-corrected chi connectivity index (χ4v) is 5.60. The molecule has 34 heavy (non-hydrogen) atoms. The van der Waals surface area contributed by atoms with Crippen molar-refractivity contribution in [2.75, 3.05) is 25.5 Å². The Morgan fingerprint density at radius 1 is 1.03 bits per heavy atom. The van der Waals surface area contributed by atoms with Crippen LogP contribution in [0.2, 0.25) is 0 Å². The van der Waals surface area contributed by atoms with Crippen molar-refractivity contribution >= 4 is 11.7 Å². The van der Waals surface area contributed by atoms with E-state index in [9.17, 15) is 4.79 Å². The van der Waals surface area contributed by atoms with Gasteiger partial charge in [-0.05, 0) is 58.2 Å². The van der Waals surface area contributed by atoms with Crippen LogP contribution in [0.4, 0.5) is 10.5 Å². The molecule has 0 unspecified atom stereocenters. The first-order valence-corrected chi connectivity index (χ1v) is 12.1. The summed E-state index contributed by atoms with van der Waals surface area (Å²) in [5.41, 5.74) is 2.81. The molecule has 9 nitrogen and oxygen atoms in total. The van der Waals surface area contributed by atoms with E-state index < -0.39 is 0 Å². The van der Waals surface area contributed by atoms with E-state index >= 15 is 0 Å². The molecular weight excluding hydrogens is 428 g/mol. The van der Waals surface area contributed by atoms with E-state index in [1.54, 1.807) is 22.0 Å². The zero-order valence-corrected chi connectivity index (χ0v) is 19.7. The molecule has 1 aromatic carbocycles. The number of urea groups is 1. The van der Waals surface area contributed by atoms with Crippen LogP contribution in [0.3, 0.4) is 0 Å². The van der Waals surface area contributed by atoms with Crippen LogP contribution in [-0.4, -0.2) is 62.1 Å². The number of amides is 2. The van der Waals surface area contributed by atoms with Gasteiger partial charge in [-0.25, -0.2) is 14.8 Å². The topological polar surface area (TPSA) is 92.1 Å². The summed E-state index contributed by atoms with van der Waals surface area (Å²) in [4.78, 5) is 26.0. The first-order chi connectivity index (χ1) is 16.5. The average molecular weight is 459 g/mol. The monoisotopic (exact) mass is 458 g/mol. The van der Waals surface area contributed by atoms with Crippen LogP contribution >= 0.6 is 0 Å². The molecule has 2 saturated carbocycles. The van der Waals surface area contributed by atoms with Crippen LogP contribution in [0, 0.1) is 0 Å². The molecule has 0 atom stereocenters. The molecule has 9 heteroatoms. The highest BCUT2D eigenvalue weighted by Gasteiger charge is 2.50. The lowest BCUT2D eigenvalue weighted by Gasteiger charge is -2.48. The molecule has 1 N–H and O–H groups in total. The van der Waals surface area contributed by atoms with E-state index in [1.807, 2.05) is 6.20 Å². The van der Waals surface area contributed by atoms with E-state index in [4.69, 9.17) is 0 Å². The highest BCUT2D eigenvalue weighted by Crippen LogP contribution is 2.46. The number of benzene rings is 1. The highest BCUT2D eigenvalue weighted by molar-refractivity contribution is 5.95. The van der Waals surface area contributed by atoms with Gasteiger partial charge in [0, 0.05) is 11.5 Å². The lowest BCUT2D eigenvalue weighted by atomic mass is 9.69. The molecule has 0 radical (unpaired) electrons. The van der Waals surface area contributed by atoms with Crippen molar-refractivity contribution in [3.63, 3.8) is 0 Å². The van der Waals surface area contributed by atoms with Crippen molar-refractivity contribution in [1.29, 1.82) is 0 Å². The van der Waals surface area contributed by atoms with Gasteiger partial charge in [-0.1, -0.05) is 35.5 Å². The number of nitrogens with one attached hydrogen (secondary N) is 1. The summed E-state index contributed by atoms with van der Waals surface area (Å²) in [7, 11) is 4.32. The Balaban J connectivity index is 1.17. The number of nitrogens with zero attached hydrogens (tertiary/aromatic N) is 7. The Hall–Kier alpha value is -3.33. The number of anilines is 1. The lowest BCUT2D eigenvalue weighted by molar-refractivity contribution is 0.0658. The number of carbonyl (C=O) groups is 1. The zero-order chi connectivity index (χ0) is 23.3. The fourth-order valence-electron chi connectivity index (χ4n) is 5.60. The van der Waals surface area contributed by atoms with Crippen LogP contribution in [0.25, 0.3) is 5.95 Å². The molecule has 3 aliphatic rings. The van der Waals surface area contributed by atoms with Crippen LogP contribution in [0.1, 0.15) is 55.7 Å². The highest BCUT2D eigenvalue weighted by atomic mass is 16.2. The van der Waals surface area contributed by atoms with E-state index in [0.29, 0.717) is 24.1 Å². The maximum atomic E-state index is 13.0. The first kappa shape index (κ1) is 21.2. The second kappa shape index (κ2) is 7.87. The van der Waals surface area contributed by atoms with Crippen molar-refractivity contribution in [1.82, 2.24) is 35.2 Å². The van der Waals surface area contributed by atoms with Gasteiger partial charge < -0.3 is 5.32 Å². The van der Waals surface area contributed by atoms with Crippen molar-refractivity contribution in [3.05, 3.63) is 60.2 Å². The number of aromatic nitrogens is 5. The van der Waals surface area contributed by atoms with Crippen molar-refractivity contribution in [2.24, 2.45) is 0 Å². The van der Waals surface area contributed by atoms with Crippen LogP contribution in [0.5, 0.6) is 0 Å². The third kappa shape index (κ3) is 3.55. The third-order valence-corrected chi connectivity index (χ3v) is 7.93. The predicted octanol–water partition coefficient (Wildman–Crippen LogP) is 3.23. The third-order valence-electron chi connectivity index (χ3n) is 7.93. The molecule has 2 aliphatic carbocycles. The van der Waals surface area contributed by atoms with E-state index in [-0.39, 0.29) is 17.1 Å².